The van der Waals surface area contributed by atoms with Crippen LogP contribution in [0.25, 0.3) is 10.8 Å². The number of likely N-dealkylation sites (tertiary alicyclic amines) is 1. The van der Waals surface area contributed by atoms with Gasteiger partial charge in [-0.15, -0.1) is 0 Å². The fraction of sp³-hybridized carbons (Fsp3) is 0.370. The second-order valence-electron chi connectivity index (χ2n) is 8.33. The summed E-state index contributed by atoms with van der Waals surface area (Å²) in [6.45, 7) is 1.49. The van der Waals surface area contributed by atoms with Gasteiger partial charge < -0.3 is 19.7 Å². The third-order valence-corrected chi connectivity index (χ3v) is 6.30. The van der Waals surface area contributed by atoms with Gasteiger partial charge in [0.1, 0.15) is 12.8 Å². The molecule has 1 N–H and O–H groups in total. The van der Waals surface area contributed by atoms with Gasteiger partial charge in [0.2, 0.25) is 0 Å². The number of carbonyl (C=O) groups excluding carboxylic acids is 1. The van der Waals surface area contributed by atoms with Crippen LogP contribution in [0.5, 0.6) is 0 Å². The number of carbonyl (C=O) groups is 1. The molecular weight excluding hydrogens is 400 g/mol. The zero-order chi connectivity index (χ0) is 22.3. The zero-order valence-corrected chi connectivity index (χ0v) is 18.9. The van der Waals surface area contributed by atoms with E-state index in [0.29, 0.717) is 0 Å². The number of likely N-dealkylation sites (N-methyl/N-ethyl adjacent to an activating group) is 1. The third-order valence-electron chi connectivity index (χ3n) is 6.30. The molecular formula is C27H32N2O3. The van der Waals surface area contributed by atoms with Gasteiger partial charge in [0, 0.05) is 26.1 Å². The predicted molar refractivity (Wildman–Crippen MR) is 127 cm³/mol. The molecule has 0 radical (unpaired) electrons. The Balaban J connectivity index is 1.61. The van der Waals surface area contributed by atoms with Crippen molar-refractivity contribution < 1.29 is 14.3 Å². The second kappa shape index (κ2) is 10.7. The number of fused-ring (bicyclic) bond motifs is 1. The van der Waals surface area contributed by atoms with E-state index in [-0.39, 0.29) is 30.8 Å². The number of rotatable bonds is 9. The van der Waals surface area contributed by atoms with Crippen LogP contribution < -0.4 is 5.32 Å². The first-order chi connectivity index (χ1) is 15.7. The van der Waals surface area contributed by atoms with Crippen LogP contribution in [0.1, 0.15) is 36.0 Å². The molecule has 0 aliphatic carbocycles. The Morgan fingerprint density at radius 2 is 1.78 bits per heavy atom. The Bertz CT molecular complexity index is 1020. The fourth-order valence-electron chi connectivity index (χ4n) is 4.66. The van der Waals surface area contributed by atoms with Gasteiger partial charge in [0.25, 0.3) is 5.91 Å². The molecule has 3 aromatic carbocycles. The maximum absolute atomic E-state index is 12.9. The van der Waals surface area contributed by atoms with E-state index in [4.69, 9.17) is 9.47 Å². The maximum Gasteiger partial charge on any atom is 0.250 e. The first kappa shape index (κ1) is 22.5. The van der Waals surface area contributed by atoms with Crippen molar-refractivity contribution in [3.63, 3.8) is 0 Å². The van der Waals surface area contributed by atoms with Crippen LogP contribution in [0.4, 0.5) is 0 Å². The van der Waals surface area contributed by atoms with E-state index < -0.39 is 0 Å². The van der Waals surface area contributed by atoms with E-state index in [1.54, 1.807) is 12.0 Å². The van der Waals surface area contributed by atoms with Crippen molar-refractivity contribution in [2.24, 2.45) is 0 Å². The summed E-state index contributed by atoms with van der Waals surface area (Å²) in [5, 5.41) is 5.75. The smallest absolute Gasteiger partial charge is 0.250 e. The topological polar surface area (TPSA) is 50.8 Å². The normalized spacial score (nSPS) is 18.1. The number of nitrogens with one attached hydrogen (secondary N) is 1. The van der Waals surface area contributed by atoms with Crippen LogP contribution in [0, 0.1) is 0 Å². The van der Waals surface area contributed by atoms with Gasteiger partial charge in [-0.05, 0) is 41.8 Å². The number of benzene rings is 3. The fourth-order valence-corrected chi connectivity index (χ4v) is 4.66. The Labute approximate surface area is 190 Å². The van der Waals surface area contributed by atoms with E-state index in [0.717, 1.165) is 31.5 Å². The van der Waals surface area contributed by atoms with Gasteiger partial charge in [-0.2, -0.15) is 0 Å². The standard InChI is InChI=1S/C27H32N2O3/c1-28-18-24(23-15-14-20-9-6-7-12-22(20)17-23)27(21-10-4-3-5-11-21)32-19-25(30)29-16-8-13-26(29)31-2/h3-7,9-12,14-15,17,24,26-28H,8,13,16,18-19H2,1-2H3/t24-,26?,27-/m1/s1. The van der Waals surface area contributed by atoms with Crippen LogP contribution in [0.3, 0.4) is 0 Å². The first-order valence-corrected chi connectivity index (χ1v) is 11.3. The van der Waals surface area contributed by atoms with Crippen molar-refractivity contribution in [2.75, 3.05) is 33.9 Å². The predicted octanol–water partition coefficient (Wildman–Crippen LogP) is 4.50. The van der Waals surface area contributed by atoms with Gasteiger partial charge in [-0.1, -0.05) is 72.8 Å². The minimum Gasteiger partial charge on any atom is -0.363 e. The molecule has 0 aromatic heterocycles. The number of ether oxygens (including phenoxy) is 2. The van der Waals surface area contributed by atoms with Gasteiger partial charge in [-0.25, -0.2) is 0 Å². The molecule has 5 nitrogen and oxygen atoms in total. The van der Waals surface area contributed by atoms with E-state index >= 15 is 0 Å². The van der Waals surface area contributed by atoms with Crippen molar-refractivity contribution in [3.8, 4) is 0 Å². The average Bonchev–Trinajstić information content (AvgIpc) is 3.33. The number of hydrogen-bond acceptors (Lipinski definition) is 4. The molecule has 0 spiro atoms. The molecule has 168 valence electrons. The molecule has 0 bridgehead atoms. The molecule has 1 fully saturated rings. The highest BCUT2D eigenvalue weighted by molar-refractivity contribution is 5.83. The van der Waals surface area contributed by atoms with Crippen molar-refractivity contribution in [2.45, 2.75) is 31.1 Å². The zero-order valence-electron chi connectivity index (χ0n) is 18.9. The molecule has 1 saturated heterocycles. The highest BCUT2D eigenvalue weighted by Crippen LogP contribution is 2.35. The molecule has 1 heterocycles. The number of amides is 1. The minimum absolute atomic E-state index is 0.0167. The van der Waals surface area contributed by atoms with Crippen LogP contribution in [0.2, 0.25) is 0 Å². The second-order valence-corrected chi connectivity index (χ2v) is 8.33. The quantitative estimate of drug-likeness (QED) is 0.541. The molecule has 5 heteroatoms. The minimum atomic E-state index is -0.252. The number of hydrogen-bond donors (Lipinski definition) is 1. The van der Waals surface area contributed by atoms with E-state index in [9.17, 15) is 4.79 Å². The Kier molecular flexibility index (Phi) is 7.53. The Morgan fingerprint density at radius 3 is 2.53 bits per heavy atom. The van der Waals surface area contributed by atoms with Gasteiger partial charge in [0.15, 0.2) is 0 Å². The van der Waals surface area contributed by atoms with Crippen molar-refractivity contribution in [1.82, 2.24) is 10.2 Å². The largest absolute Gasteiger partial charge is 0.363 e. The van der Waals surface area contributed by atoms with E-state index in [2.05, 4.69) is 59.9 Å². The highest BCUT2D eigenvalue weighted by atomic mass is 16.5. The number of methoxy groups -OCH3 is 1. The summed E-state index contributed by atoms with van der Waals surface area (Å²) < 4.78 is 11.9. The lowest BCUT2D eigenvalue weighted by molar-refractivity contribution is -0.147. The molecule has 1 unspecified atom stereocenters. The SMILES string of the molecule is CNC[C@H](c1ccc2ccccc2c1)[C@H](OCC(=O)N1CCCC1OC)c1ccccc1. The summed E-state index contributed by atoms with van der Waals surface area (Å²) in [7, 11) is 3.61. The molecule has 0 saturated carbocycles. The number of nitrogens with zero attached hydrogens (tertiary/aromatic N) is 1. The van der Waals surface area contributed by atoms with Gasteiger partial charge in [-0.3, -0.25) is 4.79 Å². The lowest BCUT2D eigenvalue weighted by Crippen LogP contribution is -2.39. The van der Waals surface area contributed by atoms with Crippen LogP contribution in [0.15, 0.2) is 72.8 Å². The molecule has 1 aliphatic heterocycles. The summed E-state index contributed by atoms with van der Waals surface area (Å²) in [6.07, 6.45) is 1.45. The van der Waals surface area contributed by atoms with Crippen LogP contribution in [-0.2, 0) is 14.3 Å². The summed E-state index contributed by atoms with van der Waals surface area (Å²) >= 11 is 0. The van der Waals surface area contributed by atoms with Crippen molar-refractivity contribution >= 4 is 16.7 Å². The van der Waals surface area contributed by atoms with Crippen molar-refractivity contribution in [1.29, 1.82) is 0 Å². The molecule has 3 aromatic rings. The lowest BCUT2D eigenvalue weighted by atomic mass is 9.87. The Morgan fingerprint density at radius 1 is 1.03 bits per heavy atom. The molecule has 1 amide bonds. The summed E-state index contributed by atoms with van der Waals surface area (Å²) in [5.41, 5.74) is 2.26. The third kappa shape index (κ3) is 5.01. The van der Waals surface area contributed by atoms with Gasteiger partial charge in [0.05, 0.1) is 6.10 Å². The summed E-state index contributed by atoms with van der Waals surface area (Å²) in [6, 6.07) is 25.1. The van der Waals surface area contributed by atoms with Crippen LogP contribution >= 0.6 is 0 Å². The summed E-state index contributed by atoms with van der Waals surface area (Å²) in [4.78, 5) is 14.7. The van der Waals surface area contributed by atoms with Crippen molar-refractivity contribution in [3.05, 3.63) is 83.9 Å². The lowest BCUT2D eigenvalue weighted by Gasteiger charge is -2.30. The molecule has 4 rings (SSSR count). The van der Waals surface area contributed by atoms with E-state index in [1.807, 2.05) is 25.2 Å². The molecule has 1 aliphatic rings. The van der Waals surface area contributed by atoms with E-state index in [1.165, 1.54) is 16.3 Å². The van der Waals surface area contributed by atoms with Gasteiger partial charge >= 0.3 is 0 Å². The van der Waals surface area contributed by atoms with Crippen LogP contribution in [-0.4, -0.2) is 50.9 Å². The summed E-state index contributed by atoms with van der Waals surface area (Å²) in [5.74, 6) is 0.0357. The Hall–Kier alpha value is -2.73. The monoisotopic (exact) mass is 432 g/mol. The average molecular weight is 433 g/mol. The first-order valence-electron chi connectivity index (χ1n) is 11.3. The molecule has 3 atom stereocenters. The maximum atomic E-state index is 12.9. The highest BCUT2D eigenvalue weighted by Gasteiger charge is 2.31. The molecule has 32 heavy (non-hydrogen) atoms.